The fraction of sp³-hybridized carbons (Fsp3) is 0.524. The smallest absolute Gasteiger partial charge is 0.224 e. The van der Waals surface area contributed by atoms with Crippen molar-refractivity contribution in [2.45, 2.75) is 46.1 Å². The minimum absolute atomic E-state index is 0.0436. The molecule has 146 valence electrons. The van der Waals surface area contributed by atoms with Crippen LogP contribution in [-0.2, 0) is 4.79 Å². The highest BCUT2D eigenvalue weighted by Gasteiger charge is 2.26. The van der Waals surface area contributed by atoms with Crippen LogP contribution in [0.15, 0.2) is 30.3 Å². The van der Waals surface area contributed by atoms with Gasteiger partial charge in [-0.2, -0.15) is 5.10 Å². The maximum Gasteiger partial charge on any atom is 0.224 e. The number of aryl methyl sites for hydroxylation is 2. The monoisotopic (exact) mass is 373 g/mol. The van der Waals surface area contributed by atoms with Crippen LogP contribution in [0.3, 0.4) is 0 Å². The number of benzene rings is 1. The number of nitrogens with zero attached hydrogens (tertiary/aromatic N) is 3. The van der Waals surface area contributed by atoms with Gasteiger partial charge in [0.05, 0.1) is 18.3 Å². The van der Waals surface area contributed by atoms with Gasteiger partial charge < -0.3 is 9.64 Å². The van der Waals surface area contributed by atoms with Gasteiger partial charge >= 0.3 is 0 Å². The largest absolute Gasteiger partial charge is 0.493 e. The van der Waals surface area contributed by atoms with Crippen LogP contribution in [0.1, 0.15) is 43.6 Å². The molecule has 1 aromatic heterocycles. The molecule has 0 aliphatic carbocycles. The number of hydrogen-bond acceptors (Lipinski definition) is 3. The van der Waals surface area contributed by atoms with E-state index in [2.05, 4.69) is 5.10 Å². The first-order chi connectivity index (χ1) is 12.9. The molecule has 0 saturated carbocycles. The molecule has 2 atom stereocenters. The van der Waals surface area contributed by atoms with Gasteiger partial charge in [0.15, 0.2) is 0 Å². The predicted octanol–water partition coefficient (Wildman–Crippen LogP) is 3.91. The van der Waals surface area contributed by atoms with Crippen molar-refractivity contribution in [2.24, 2.45) is 5.92 Å². The van der Waals surface area contributed by atoms with E-state index in [-0.39, 0.29) is 17.8 Å². The van der Waals surface area contributed by atoms with E-state index in [4.69, 9.17) is 4.74 Å². The quantitative estimate of drug-likeness (QED) is 0.771. The van der Waals surface area contributed by atoms with E-state index in [0.717, 1.165) is 30.8 Å². The average Bonchev–Trinajstić information content (AvgIpc) is 3.00. The van der Waals surface area contributed by atoms with Gasteiger partial charge in [0, 0.05) is 31.1 Å². The van der Waals surface area contributed by atoms with E-state index in [1.165, 1.54) is 12.1 Å². The Morgan fingerprint density at radius 2 is 2.07 bits per heavy atom. The van der Waals surface area contributed by atoms with Crippen LogP contribution in [0, 0.1) is 25.6 Å². The van der Waals surface area contributed by atoms with Crippen molar-refractivity contribution < 1.29 is 13.9 Å². The summed E-state index contributed by atoms with van der Waals surface area (Å²) < 4.78 is 20.7. The van der Waals surface area contributed by atoms with Crippen LogP contribution in [-0.4, -0.2) is 40.3 Å². The molecule has 1 aliphatic heterocycles. The summed E-state index contributed by atoms with van der Waals surface area (Å²) in [4.78, 5) is 14.7. The van der Waals surface area contributed by atoms with Gasteiger partial charge in [-0.25, -0.2) is 4.39 Å². The summed E-state index contributed by atoms with van der Waals surface area (Å²) in [5.74, 6) is 0.866. The van der Waals surface area contributed by atoms with Gasteiger partial charge in [-0.1, -0.05) is 0 Å². The highest BCUT2D eigenvalue weighted by molar-refractivity contribution is 5.76. The minimum Gasteiger partial charge on any atom is -0.493 e. The zero-order valence-electron chi connectivity index (χ0n) is 16.3. The lowest BCUT2D eigenvalue weighted by atomic mass is 9.98. The Hall–Kier alpha value is -2.37. The molecule has 1 fully saturated rings. The molecular formula is C21H28FN3O2. The molecule has 2 heterocycles. The number of likely N-dealkylation sites (tertiary alicyclic amines) is 1. The molecule has 0 spiro atoms. The second-order valence-electron chi connectivity index (χ2n) is 7.54. The van der Waals surface area contributed by atoms with Crippen LogP contribution in [0.2, 0.25) is 0 Å². The Labute approximate surface area is 160 Å². The molecule has 3 rings (SSSR count). The first-order valence-electron chi connectivity index (χ1n) is 9.61. The molecule has 0 N–H and O–H groups in total. The molecule has 0 bridgehead atoms. The summed E-state index contributed by atoms with van der Waals surface area (Å²) in [5, 5.41) is 4.49. The van der Waals surface area contributed by atoms with Crippen molar-refractivity contribution in [1.82, 2.24) is 14.7 Å². The van der Waals surface area contributed by atoms with Gasteiger partial charge in [-0.3, -0.25) is 9.48 Å². The number of amides is 1. The zero-order valence-corrected chi connectivity index (χ0v) is 16.3. The Kier molecular flexibility index (Phi) is 6.14. The van der Waals surface area contributed by atoms with Crippen molar-refractivity contribution >= 4 is 5.91 Å². The highest BCUT2D eigenvalue weighted by atomic mass is 19.1. The number of piperidine rings is 1. The molecule has 0 radical (unpaired) electrons. The summed E-state index contributed by atoms with van der Waals surface area (Å²) in [6, 6.07) is 8.14. The van der Waals surface area contributed by atoms with E-state index in [1.54, 1.807) is 12.1 Å². The number of halogens is 1. The number of carbonyl (C=O) groups excluding carboxylic acids is 1. The SMILES string of the molecule is Cc1cc(C)n(C(C)CC(=O)N2CCCC(COc3ccc(F)cc3)C2)n1. The van der Waals surface area contributed by atoms with Gasteiger partial charge in [0.2, 0.25) is 5.91 Å². The summed E-state index contributed by atoms with van der Waals surface area (Å²) >= 11 is 0. The zero-order chi connectivity index (χ0) is 19.4. The maximum atomic E-state index is 13.0. The van der Waals surface area contributed by atoms with E-state index >= 15 is 0 Å². The number of carbonyl (C=O) groups is 1. The predicted molar refractivity (Wildman–Crippen MR) is 102 cm³/mol. The number of rotatable bonds is 6. The van der Waals surface area contributed by atoms with Crippen molar-refractivity contribution in [3.8, 4) is 5.75 Å². The summed E-state index contributed by atoms with van der Waals surface area (Å²) in [5.41, 5.74) is 2.06. The Balaban J connectivity index is 1.51. The molecule has 1 aliphatic rings. The molecule has 5 nitrogen and oxygen atoms in total. The fourth-order valence-electron chi connectivity index (χ4n) is 3.73. The Bertz CT molecular complexity index is 772. The Morgan fingerprint density at radius 1 is 1.33 bits per heavy atom. The molecule has 2 unspecified atom stereocenters. The average molecular weight is 373 g/mol. The van der Waals surface area contributed by atoms with Crippen LogP contribution in [0.4, 0.5) is 4.39 Å². The lowest BCUT2D eigenvalue weighted by molar-refractivity contribution is -0.134. The number of ether oxygens (including phenoxy) is 1. The molecule has 1 aromatic carbocycles. The molecule has 1 amide bonds. The maximum absolute atomic E-state index is 13.0. The molecule has 1 saturated heterocycles. The fourth-order valence-corrected chi connectivity index (χ4v) is 3.73. The van der Waals surface area contributed by atoms with Crippen LogP contribution in [0.25, 0.3) is 0 Å². The minimum atomic E-state index is -0.270. The second kappa shape index (κ2) is 8.55. The molecular weight excluding hydrogens is 345 g/mol. The van der Waals surface area contributed by atoms with E-state index in [1.807, 2.05) is 36.4 Å². The third kappa shape index (κ3) is 5.08. The standard InChI is InChI=1S/C21H28FN3O2/c1-15-11-16(2)25(23-15)17(3)12-21(26)24-10-4-5-18(13-24)14-27-20-8-6-19(22)7-9-20/h6-9,11,17-18H,4-5,10,12-14H2,1-3H3. The van der Waals surface area contributed by atoms with Crippen molar-refractivity contribution in [1.29, 1.82) is 0 Å². The number of hydrogen-bond donors (Lipinski definition) is 0. The van der Waals surface area contributed by atoms with Gasteiger partial charge in [0.1, 0.15) is 11.6 Å². The lowest BCUT2D eigenvalue weighted by Crippen LogP contribution is -2.42. The first-order valence-corrected chi connectivity index (χ1v) is 9.61. The van der Waals surface area contributed by atoms with E-state index in [0.29, 0.717) is 31.2 Å². The van der Waals surface area contributed by atoms with Crippen LogP contribution >= 0.6 is 0 Å². The lowest BCUT2D eigenvalue weighted by Gasteiger charge is -2.33. The van der Waals surface area contributed by atoms with Gasteiger partial charge in [-0.15, -0.1) is 0 Å². The van der Waals surface area contributed by atoms with Crippen molar-refractivity contribution in [2.75, 3.05) is 19.7 Å². The van der Waals surface area contributed by atoms with Crippen LogP contribution < -0.4 is 4.74 Å². The third-order valence-electron chi connectivity index (χ3n) is 5.10. The van der Waals surface area contributed by atoms with E-state index < -0.39 is 0 Å². The summed E-state index contributed by atoms with van der Waals surface area (Å²) in [6.45, 7) is 8.08. The Morgan fingerprint density at radius 3 is 2.74 bits per heavy atom. The topological polar surface area (TPSA) is 47.4 Å². The molecule has 2 aromatic rings. The highest BCUT2D eigenvalue weighted by Crippen LogP contribution is 2.22. The van der Waals surface area contributed by atoms with Crippen molar-refractivity contribution in [3.63, 3.8) is 0 Å². The third-order valence-corrected chi connectivity index (χ3v) is 5.10. The first kappa shape index (κ1) is 19.4. The number of aromatic nitrogens is 2. The molecule has 27 heavy (non-hydrogen) atoms. The molecule has 6 heteroatoms. The summed E-state index contributed by atoms with van der Waals surface area (Å²) in [6.07, 6.45) is 2.48. The normalized spacial score (nSPS) is 18.4. The van der Waals surface area contributed by atoms with E-state index in [9.17, 15) is 9.18 Å². The summed E-state index contributed by atoms with van der Waals surface area (Å²) in [7, 11) is 0. The van der Waals surface area contributed by atoms with Crippen LogP contribution in [0.5, 0.6) is 5.75 Å². The van der Waals surface area contributed by atoms with Gasteiger partial charge in [0.25, 0.3) is 0 Å². The second-order valence-corrected chi connectivity index (χ2v) is 7.54. The van der Waals surface area contributed by atoms with Gasteiger partial charge in [-0.05, 0) is 63.9 Å². The van der Waals surface area contributed by atoms with Crippen molar-refractivity contribution in [3.05, 3.63) is 47.5 Å².